The van der Waals surface area contributed by atoms with Crippen molar-refractivity contribution in [3.63, 3.8) is 0 Å². The predicted molar refractivity (Wildman–Crippen MR) is 121 cm³/mol. The van der Waals surface area contributed by atoms with Crippen molar-refractivity contribution in [3.8, 4) is 17.4 Å². The smallest absolute Gasteiger partial charge is 0.255 e. The van der Waals surface area contributed by atoms with Gasteiger partial charge < -0.3 is 9.30 Å². The molecule has 0 fully saturated rings. The molecule has 2 heterocycles. The van der Waals surface area contributed by atoms with E-state index in [1.807, 2.05) is 60.3 Å². The standard InChI is InChI=1S/C23H20N4O3S/c1-18-4-6-19(7-5-18)12-15-31(28,29)26-20-8-10-21(11-9-20)30-23-16-22(24-17-25-23)27-13-2-3-14-27/h2-17,26H,1H3/b15-12+. The lowest BCUT2D eigenvalue weighted by atomic mass is 10.2. The first-order valence-electron chi connectivity index (χ1n) is 9.48. The maximum absolute atomic E-state index is 12.3. The summed E-state index contributed by atoms with van der Waals surface area (Å²) in [5.41, 5.74) is 2.35. The molecule has 0 atom stereocenters. The number of hydrogen-bond donors (Lipinski definition) is 1. The number of anilines is 1. The molecule has 8 heteroatoms. The molecule has 2 aromatic heterocycles. The third kappa shape index (κ3) is 5.58. The second kappa shape index (κ2) is 8.85. The van der Waals surface area contributed by atoms with Gasteiger partial charge in [-0.25, -0.2) is 18.4 Å². The van der Waals surface area contributed by atoms with Crippen LogP contribution in [0.15, 0.2) is 90.9 Å². The van der Waals surface area contributed by atoms with Crippen LogP contribution in [0.2, 0.25) is 0 Å². The number of benzene rings is 2. The first-order chi connectivity index (χ1) is 15.0. The highest BCUT2D eigenvalue weighted by atomic mass is 32.2. The summed E-state index contributed by atoms with van der Waals surface area (Å²) >= 11 is 0. The summed E-state index contributed by atoms with van der Waals surface area (Å²) in [6.07, 6.45) is 6.73. The van der Waals surface area contributed by atoms with Gasteiger partial charge in [-0.05, 0) is 55.0 Å². The summed E-state index contributed by atoms with van der Waals surface area (Å²) in [6, 6.07) is 19.7. The molecule has 7 nitrogen and oxygen atoms in total. The maximum Gasteiger partial charge on any atom is 0.255 e. The van der Waals surface area contributed by atoms with E-state index in [0.717, 1.165) is 16.5 Å². The summed E-state index contributed by atoms with van der Waals surface area (Å²) < 4.78 is 34.8. The highest BCUT2D eigenvalue weighted by Gasteiger charge is 2.07. The number of hydrogen-bond acceptors (Lipinski definition) is 5. The molecular weight excluding hydrogens is 412 g/mol. The lowest BCUT2D eigenvalue weighted by Gasteiger charge is -2.08. The SMILES string of the molecule is Cc1ccc(/C=C/S(=O)(=O)Nc2ccc(Oc3cc(-n4cccc4)ncn3)cc2)cc1. The average molecular weight is 433 g/mol. The highest BCUT2D eigenvalue weighted by molar-refractivity contribution is 7.95. The van der Waals surface area contributed by atoms with E-state index in [1.54, 1.807) is 36.4 Å². The van der Waals surface area contributed by atoms with E-state index in [9.17, 15) is 8.42 Å². The molecule has 0 amide bonds. The number of aromatic nitrogens is 3. The van der Waals surface area contributed by atoms with Crippen LogP contribution in [0.3, 0.4) is 0 Å². The second-order valence-corrected chi connectivity index (χ2v) is 8.36. The Bertz CT molecular complexity index is 1280. The molecular formula is C23H20N4O3S. The van der Waals surface area contributed by atoms with Gasteiger partial charge in [-0.1, -0.05) is 29.8 Å². The summed E-state index contributed by atoms with van der Waals surface area (Å²) in [6.45, 7) is 1.98. The topological polar surface area (TPSA) is 86.1 Å². The molecule has 1 N–H and O–H groups in total. The van der Waals surface area contributed by atoms with E-state index in [4.69, 9.17) is 4.74 Å². The van der Waals surface area contributed by atoms with Crippen LogP contribution in [-0.2, 0) is 10.0 Å². The molecule has 156 valence electrons. The monoisotopic (exact) mass is 432 g/mol. The van der Waals surface area contributed by atoms with Gasteiger partial charge in [0.1, 0.15) is 17.9 Å². The zero-order valence-electron chi connectivity index (χ0n) is 16.7. The fourth-order valence-corrected chi connectivity index (χ4v) is 3.64. The zero-order valence-corrected chi connectivity index (χ0v) is 17.5. The van der Waals surface area contributed by atoms with Crippen molar-refractivity contribution in [2.75, 3.05) is 4.72 Å². The van der Waals surface area contributed by atoms with Gasteiger partial charge in [0.2, 0.25) is 5.88 Å². The van der Waals surface area contributed by atoms with Gasteiger partial charge in [0, 0.05) is 24.1 Å². The number of nitrogens with one attached hydrogen (secondary N) is 1. The van der Waals surface area contributed by atoms with E-state index < -0.39 is 10.0 Å². The van der Waals surface area contributed by atoms with Gasteiger partial charge in [-0.2, -0.15) is 0 Å². The van der Waals surface area contributed by atoms with Crippen molar-refractivity contribution in [3.05, 3.63) is 102 Å². The van der Waals surface area contributed by atoms with Gasteiger partial charge in [-0.15, -0.1) is 0 Å². The predicted octanol–water partition coefficient (Wildman–Crippen LogP) is 4.78. The fraction of sp³-hybridized carbons (Fsp3) is 0.0435. The van der Waals surface area contributed by atoms with Crippen LogP contribution in [0.5, 0.6) is 11.6 Å². The van der Waals surface area contributed by atoms with Gasteiger partial charge in [-0.3, -0.25) is 4.72 Å². The van der Waals surface area contributed by atoms with E-state index in [0.29, 0.717) is 23.1 Å². The number of rotatable bonds is 7. The van der Waals surface area contributed by atoms with Crippen molar-refractivity contribution in [2.45, 2.75) is 6.92 Å². The molecule has 4 aromatic rings. The molecule has 31 heavy (non-hydrogen) atoms. The minimum atomic E-state index is -3.64. The summed E-state index contributed by atoms with van der Waals surface area (Å²) in [4.78, 5) is 8.33. The first kappa shape index (κ1) is 20.4. The van der Waals surface area contributed by atoms with Crippen LogP contribution in [0.1, 0.15) is 11.1 Å². The Morgan fingerprint density at radius 3 is 2.39 bits per heavy atom. The highest BCUT2D eigenvalue weighted by Crippen LogP contribution is 2.23. The molecule has 0 aliphatic heterocycles. The Kier molecular flexibility index (Phi) is 5.81. The summed E-state index contributed by atoms with van der Waals surface area (Å²) in [5, 5.41) is 1.14. The third-order valence-corrected chi connectivity index (χ3v) is 5.36. The molecule has 4 rings (SSSR count). The van der Waals surface area contributed by atoms with Crippen LogP contribution in [-0.4, -0.2) is 23.0 Å². The molecule has 0 spiro atoms. The molecule has 0 aliphatic rings. The van der Waals surface area contributed by atoms with Crippen molar-refractivity contribution in [2.24, 2.45) is 0 Å². The van der Waals surface area contributed by atoms with E-state index in [-0.39, 0.29) is 0 Å². The Morgan fingerprint density at radius 2 is 1.68 bits per heavy atom. The number of sulfonamides is 1. The minimum Gasteiger partial charge on any atom is -0.439 e. The summed E-state index contributed by atoms with van der Waals surface area (Å²) in [5.74, 6) is 1.59. The molecule has 0 bridgehead atoms. The van der Waals surface area contributed by atoms with Crippen LogP contribution in [0.25, 0.3) is 11.9 Å². The van der Waals surface area contributed by atoms with Crippen molar-refractivity contribution >= 4 is 21.8 Å². The Hall–Kier alpha value is -3.91. The van der Waals surface area contributed by atoms with E-state index in [2.05, 4.69) is 14.7 Å². The van der Waals surface area contributed by atoms with Gasteiger partial charge in [0.25, 0.3) is 10.0 Å². The Balaban J connectivity index is 1.41. The van der Waals surface area contributed by atoms with Gasteiger partial charge >= 0.3 is 0 Å². The molecule has 2 aromatic carbocycles. The lowest BCUT2D eigenvalue weighted by molar-refractivity contribution is 0.461. The van der Waals surface area contributed by atoms with Crippen molar-refractivity contribution < 1.29 is 13.2 Å². The van der Waals surface area contributed by atoms with Crippen LogP contribution >= 0.6 is 0 Å². The van der Waals surface area contributed by atoms with Crippen LogP contribution in [0.4, 0.5) is 5.69 Å². The van der Waals surface area contributed by atoms with Gasteiger partial charge in [0.15, 0.2) is 0 Å². The minimum absolute atomic E-state index is 0.382. The number of nitrogens with zero attached hydrogens (tertiary/aromatic N) is 3. The fourth-order valence-electron chi connectivity index (χ4n) is 2.77. The molecule has 0 unspecified atom stereocenters. The van der Waals surface area contributed by atoms with E-state index in [1.165, 1.54) is 6.33 Å². The van der Waals surface area contributed by atoms with E-state index >= 15 is 0 Å². The average Bonchev–Trinajstić information content (AvgIpc) is 3.30. The van der Waals surface area contributed by atoms with Crippen LogP contribution < -0.4 is 9.46 Å². The number of aryl methyl sites for hydroxylation is 1. The zero-order chi connectivity index (χ0) is 21.7. The summed E-state index contributed by atoms with van der Waals surface area (Å²) in [7, 11) is -3.64. The normalized spacial score (nSPS) is 11.5. The largest absolute Gasteiger partial charge is 0.439 e. The Morgan fingerprint density at radius 1 is 0.968 bits per heavy atom. The third-order valence-electron chi connectivity index (χ3n) is 4.35. The Labute approximate surface area is 180 Å². The molecule has 0 saturated heterocycles. The quantitative estimate of drug-likeness (QED) is 0.454. The maximum atomic E-state index is 12.3. The molecule has 0 saturated carbocycles. The van der Waals surface area contributed by atoms with Crippen molar-refractivity contribution in [1.29, 1.82) is 0 Å². The molecule has 0 aliphatic carbocycles. The molecule has 0 radical (unpaired) electrons. The first-order valence-corrected chi connectivity index (χ1v) is 11.0. The number of ether oxygens (including phenoxy) is 1. The van der Waals surface area contributed by atoms with Crippen LogP contribution in [0, 0.1) is 6.92 Å². The lowest BCUT2D eigenvalue weighted by Crippen LogP contribution is -2.08. The van der Waals surface area contributed by atoms with Gasteiger partial charge in [0.05, 0.1) is 5.41 Å². The van der Waals surface area contributed by atoms with Crippen molar-refractivity contribution in [1.82, 2.24) is 14.5 Å². The second-order valence-electron chi connectivity index (χ2n) is 6.79.